The molecule has 0 fully saturated rings. The van der Waals surface area contributed by atoms with Crippen LogP contribution in [0.25, 0.3) is 0 Å². The number of alkyl halides is 4. The minimum absolute atomic E-state index is 0.262. The smallest absolute Gasteiger partial charge is 0.120 e. The Morgan fingerprint density at radius 2 is 1.89 bits per heavy atom. The van der Waals surface area contributed by atoms with Crippen molar-refractivity contribution in [1.82, 2.24) is 0 Å². The van der Waals surface area contributed by atoms with E-state index in [1.165, 1.54) is 0 Å². The molecule has 9 heavy (non-hydrogen) atoms. The molecule has 0 saturated heterocycles. The summed E-state index contributed by atoms with van der Waals surface area (Å²) in [6.07, 6.45) is 5.18. The maximum atomic E-state index is 5.52. The average molecular weight is 206 g/mol. The summed E-state index contributed by atoms with van der Waals surface area (Å²) in [6.45, 7) is 0. The highest BCUT2D eigenvalue weighted by molar-refractivity contribution is 6.70. The zero-order valence-electron chi connectivity index (χ0n) is 4.37. The molecule has 0 nitrogen and oxygen atoms in total. The van der Waals surface area contributed by atoms with Crippen LogP contribution in [0.4, 0.5) is 0 Å². The van der Waals surface area contributed by atoms with Gasteiger partial charge in [-0.1, -0.05) is 34.8 Å². The highest BCUT2D eigenvalue weighted by Gasteiger charge is 2.29. The van der Waals surface area contributed by atoms with E-state index in [4.69, 9.17) is 52.8 Å². The molecule has 0 N–H and O–H groups in total. The van der Waals surface area contributed by atoms with Crippen LogP contribution in [0.3, 0.4) is 0 Å². The standard InChI is InChI=1S/C5H4Cl4/c1-2-3-4(6)5(7,8)9/h1,4H,3H2. The van der Waals surface area contributed by atoms with E-state index < -0.39 is 9.17 Å². The van der Waals surface area contributed by atoms with Crippen LogP contribution in [0.5, 0.6) is 0 Å². The Bertz CT molecular complexity index is 118. The molecule has 0 aliphatic heterocycles. The number of terminal acetylenes is 1. The van der Waals surface area contributed by atoms with E-state index in [2.05, 4.69) is 5.92 Å². The van der Waals surface area contributed by atoms with Gasteiger partial charge in [0.2, 0.25) is 3.79 Å². The maximum absolute atomic E-state index is 5.52. The molecule has 0 saturated carbocycles. The fourth-order valence-corrected chi connectivity index (χ4v) is 0.540. The quantitative estimate of drug-likeness (QED) is 0.456. The summed E-state index contributed by atoms with van der Waals surface area (Å²) < 4.78 is -1.45. The van der Waals surface area contributed by atoms with E-state index in [1.54, 1.807) is 0 Å². The largest absolute Gasteiger partial charge is 0.207 e. The first-order valence-corrected chi connectivity index (χ1v) is 3.69. The van der Waals surface area contributed by atoms with Gasteiger partial charge < -0.3 is 0 Å². The first-order valence-electron chi connectivity index (χ1n) is 2.12. The minimum Gasteiger partial charge on any atom is -0.120 e. The Morgan fingerprint density at radius 3 is 2.00 bits per heavy atom. The molecule has 0 aliphatic carbocycles. The van der Waals surface area contributed by atoms with Crippen molar-refractivity contribution < 1.29 is 0 Å². The topological polar surface area (TPSA) is 0 Å². The van der Waals surface area contributed by atoms with Gasteiger partial charge >= 0.3 is 0 Å². The van der Waals surface area contributed by atoms with Gasteiger partial charge in [-0.15, -0.1) is 23.9 Å². The average Bonchev–Trinajstić information content (AvgIpc) is 1.64. The van der Waals surface area contributed by atoms with Crippen LogP contribution in [0.15, 0.2) is 0 Å². The lowest BCUT2D eigenvalue weighted by molar-refractivity contribution is 0.907. The molecule has 4 heteroatoms. The van der Waals surface area contributed by atoms with Gasteiger partial charge in [-0.25, -0.2) is 0 Å². The molecule has 0 aromatic rings. The predicted octanol–water partition coefficient (Wildman–Crippen LogP) is 2.99. The van der Waals surface area contributed by atoms with Gasteiger partial charge in [0.15, 0.2) is 0 Å². The van der Waals surface area contributed by atoms with Gasteiger partial charge in [0.25, 0.3) is 0 Å². The number of hydrogen-bond acceptors (Lipinski definition) is 0. The summed E-state index contributed by atoms with van der Waals surface area (Å²) in [4.78, 5) is 0. The summed E-state index contributed by atoms with van der Waals surface area (Å²) in [5.74, 6) is 2.29. The van der Waals surface area contributed by atoms with E-state index in [0.29, 0.717) is 0 Å². The van der Waals surface area contributed by atoms with Crippen molar-refractivity contribution in [3.05, 3.63) is 0 Å². The molecular formula is C5H4Cl4. The van der Waals surface area contributed by atoms with E-state index in [0.717, 1.165) is 0 Å². The third-order valence-corrected chi connectivity index (χ3v) is 2.26. The van der Waals surface area contributed by atoms with Crippen molar-refractivity contribution in [3.8, 4) is 12.3 Å². The SMILES string of the molecule is C#CCC(Cl)C(Cl)(Cl)Cl. The summed E-state index contributed by atoms with van der Waals surface area (Å²) in [5, 5.41) is -0.604. The number of halogens is 4. The van der Waals surface area contributed by atoms with Gasteiger partial charge in [0, 0.05) is 6.42 Å². The van der Waals surface area contributed by atoms with Gasteiger partial charge in [-0.2, -0.15) is 0 Å². The summed E-state index contributed by atoms with van der Waals surface area (Å²) in [5.41, 5.74) is 0. The molecule has 0 spiro atoms. The van der Waals surface area contributed by atoms with Crippen molar-refractivity contribution >= 4 is 46.4 Å². The zero-order valence-corrected chi connectivity index (χ0v) is 7.40. The molecule has 1 atom stereocenters. The van der Waals surface area contributed by atoms with E-state index in [1.807, 2.05) is 0 Å². The van der Waals surface area contributed by atoms with Gasteiger partial charge in [0.05, 0.1) is 5.38 Å². The van der Waals surface area contributed by atoms with Gasteiger partial charge in [-0.05, 0) is 0 Å². The minimum atomic E-state index is -1.45. The third kappa shape index (κ3) is 4.17. The molecule has 0 amide bonds. The normalized spacial score (nSPS) is 14.6. The summed E-state index contributed by atoms with van der Waals surface area (Å²) in [7, 11) is 0. The van der Waals surface area contributed by atoms with Crippen molar-refractivity contribution in [2.45, 2.75) is 15.6 Å². The van der Waals surface area contributed by atoms with Gasteiger partial charge in [-0.3, -0.25) is 0 Å². The van der Waals surface area contributed by atoms with Crippen molar-refractivity contribution in [3.63, 3.8) is 0 Å². The number of rotatable bonds is 1. The van der Waals surface area contributed by atoms with Crippen LogP contribution >= 0.6 is 46.4 Å². The zero-order chi connectivity index (χ0) is 7.49. The Balaban J connectivity index is 3.76. The Labute approximate surface area is 74.4 Å². The highest BCUT2D eigenvalue weighted by Crippen LogP contribution is 2.35. The Hall–Kier alpha value is 0.720. The van der Waals surface area contributed by atoms with Crippen LogP contribution in [-0.4, -0.2) is 9.17 Å². The molecule has 0 bridgehead atoms. The molecular weight excluding hydrogens is 202 g/mol. The lowest BCUT2D eigenvalue weighted by atomic mass is 10.3. The van der Waals surface area contributed by atoms with Crippen molar-refractivity contribution in [2.75, 3.05) is 0 Å². The lowest BCUT2D eigenvalue weighted by Gasteiger charge is -2.14. The molecule has 0 rings (SSSR count). The third-order valence-electron chi connectivity index (χ3n) is 0.652. The van der Waals surface area contributed by atoms with E-state index >= 15 is 0 Å². The van der Waals surface area contributed by atoms with Crippen LogP contribution < -0.4 is 0 Å². The maximum Gasteiger partial charge on any atom is 0.207 e. The van der Waals surface area contributed by atoms with E-state index in [-0.39, 0.29) is 6.42 Å². The Morgan fingerprint density at radius 1 is 1.44 bits per heavy atom. The van der Waals surface area contributed by atoms with Crippen LogP contribution in [0.2, 0.25) is 0 Å². The molecule has 0 radical (unpaired) electrons. The van der Waals surface area contributed by atoms with E-state index in [9.17, 15) is 0 Å². The monoisotopic (exact) mass is 204 g/mol. The number of hydrogen-bond donors (Lipinski definition) is 0. The molecule has 0 aromatic heterocycles. The molecule has 0 heterocycles. The summed E-state index contributed by atoms with van der Waals surface area (Å²) >= 11 is 21.6. The Kier molecular flexibility index (Phi) is 4.09. The van der Waals surface area contributed by atoms with Crippen LogP contribution in [0, 0.1) is 12.3 Å². The molecule has 1 unspecified atom stereocenters. The van der Waals surface area contributed by atoms with Crippen molar-refractivity contribution in [2.24, 2.45) is 0 Å². The fourth-order valence-electron chi connectivity index (χ4n) is 0.219. The summed E-state index contributed by atoms with van der Waals surface area (Å²) in [6, 6.07) is 0. The first kappa shape index (κ1) is 9.72. The molecule has 0 aliphatic rings. The first-order chi connectivity index (χ1) is 3.98. The second kappa shape index (κ2) is 3.78. The highest BCUT2D eigenvalue weighted by atomic mass is 35.6. The fraction of sp³-hybridized carbons (Fsp3) is 0.600. The lowest BCUT2D eigenvalue weighted by Crippen LogP contribution is -2.18. The second-order valence-corrected chi connectivity index (χ2v) is 4.31. The second-order valence-electron chi connectivity index (χ2n) is 1.42. The predicted molar refractivity (Wildman–Crippen MR) is 43.4 cm³/mol. The molecule has 0 aromatic carbocycles. The van der Waals surface area contributed by atoms with Gasteiger partial charge in [0.1, 0.15) is 0 Å². The van der Waals surface area contributed by atoms with Crippen LogP contribution in [0.1, 0.15) is 6.42 Å². The molecule has 52 valence electrons. The van der Waals surface area contributed by atoms with Crippen molar-refractivity contribution in [1.29, 1.82) is 0 Å². The van der Waals surface area contributed by atoms with Crippen LogP contribution in [-0.2, 0) is 0 Å².